The molecule has 0 aliphatic heterocycles. The second-order valence-electron chi connectivity index (χ2n) is 3.34. The lowest BCUT2D eigenvalue weighted by Crippen LogP contribution is -2.10. The van der Waals surface area contributed by atoms with Gasteiger partial charge in [0.25, 0.3) is 0 Å². The summed E-state index contributed by atoms with van der Waals surface area (Å²) in [5.41, 5.74) is 0.212. The lowest BCUT2D eigenvalue weighted by molar-refractivity contribution is -0.0127. The van der Waals surface area contributed by atoms with Gasteiger partial charge in [0, 0.05) is 7.11 Å². The number of esters is 1. The molecular formula is C12H15BrO6. The average molecular weight is 335 g/mol. The maximum Gasteiger partial charge on any atom is 0.344 e. The Labute approximate surface area is 119 Å². The molecule has 7 heteroatoms. The monoisotopic (exact) mass is 334 g/mol. The van der Waals surface area contributed by atoms with Crippen LogP contribution >= 0.6 is 15.9 Å². The van der Waals surface area contributed by atoms with Crippen molar-refractivity contribution < 1.29 is 28.5 Å². The van der Waals surface area contributed by atoms with Crippen molar-refractivity contribution in [2.45, 2.75) is 0 Å². The van der Waals surface area contributed by atoms with Gasteiger partial charge < -0.3 is 23.7 Å². The summed E-state index contributed by atoms with van der Waals surface area (Å²) in [5.74, 6) is 0.399. The Morgan fingerprint density at radius 3 is 2.11 bits per heavy atom. The highest BCUT2D eigenvalue weighted by atomic mass is 79.9. The van der Waals surface area contributed by atoms with Gasteiger partial charge in [-0.3, -0.25) is 0 Å². The molecule has 19 heavy (non-hydrogen) atoms. The number of benzene rings is 1. The van der Waals surface area contributed by atoms with Gasteiger partial charge in [0.05, 0.1) is 25.8 Å². The molecule has 0 fully saturated rings. The Morgan fingerprint density at radius 2 is 1.63 bits per heavy atom. The molecule has 106 valence electrons. The van der Waals surface area contributed by atoms with Crippen molar-refractivity contribution in [1.82, 2.24) is 0 Å². The van der Waals surface area contributed by atoms with Crippen LogP contribution in [0.25, 0.3) is 0 Å². The van der Waals surface area contributed by atoms with Crippen molar-refractivity contribution in [3.63, 3.8) is 0 Å². The fourth-order valence-corrected chi connectivity index (χ4v) is 2.08. The van der Waals surface area contributed by atoms with Crippen LogP contribution in [0.4, 0.5) is 0 Å². The Balaban J connectivity index is 3.32. The summed E-state index contributed by atoms with van der Waals surface area (Å²) in [5, 5.41) is 0. The van der Waals surface area contributed by atoms with E-state index in [1.54, 1.807) is 0 Å². The second-order valence-corrected chi connectivity index (χ2v) is 4.20. The van der Waals surface area contributed by atoms with Crippen LogP contribution in [0.2, 0.25) is 0 Å². The molecule has 0 heterocycles. The molecule has 0 amide bonds. The summed E-state index contributed by atoms with van der Waals surface area (Å²) < 4.78 is 25.7. The molecule has 0 bridgehead atoms. The zero-order valence-electron chi connectivity index (χ0n) is 11.1. The molecule has 0 atom stereocenters. The van der Waals surface area contributed by atoms with Crippen molar-refractivity contribution in [2.24, 2.45) is 0 Å². The molecular weight excluding hydrogens is 320 g/mol. The maximum absolute atomic E-state index is 11.9. The van der Waals surface area contributed by atoms with E-state index in [4.69, 9.17) is 18.9 Å². The summed E-state index contributed by atoms with van der Waals surface area (Å²) in [6.07, 6.45) is 0. The maximum atomic E-state index is 11.9. The van der Waals surface area contributed by atoms with Gasteiger partial charge in [-0.15, -0.1) is 0 Å². The van der Waals surface area contributed by atoms with Crippen molar-refractivity contribution in [3.05, 3.63) is 16.1 Å². The first-order valence-corrected chi connectivity index (χ1v) is 6.04. The topological polar surface area (TPSA) is 63.2 Å². The van der Waals surface area contributed by atoms with Gasteiger partial charge in [-0.25, -0.2) is 4.79 Å². The Kier molecular flexibility index (Phi) is 5.91. The van der Waals surface area contributed by atoms with Crippen LogP contribution in [0.5, 0.6) is 17.2 Å². The number of hydrogen-bond acceptors (Lipinski definition) is 6. The number of halogens is 1. The molecule has 0 saturated heterocycles. The van der Waals surface area contributed by atoms with Crippen molar-refractivity contribution in [3.8, 4) is 17.2 Å². The minimum absolute atomic E-state index is 0.145. The van der Waals surface area contributed by atoms with E-state index in [1.165, 1.54) is 34.5 Å². The third-order valence-corrected chi connectivity index (χ3v) is 2.87. The molecule has 0 radical (unpaired) electrons. The standard InChI is InChI=1S/C12H15BrO6/c1-15-6-19-12(14)7-5-8(13)10(17-3)11(18-4)9(7)16-2/h5H,6H2,1-4H3. The number of ether oxygens (including phenoxy) is 5. The summed E-state index contributed by atoms with van der Waals surface area (Å²) in [7, 11) is 5.80. The predicted molar refractivity (Wildman–Crippen MR) is 71.1 cm³/mol. The predicted octanol–water partition coefficient (Wildman–Crippen LogP) is 2.24. The van der Waals surface area contributed by atoms with Gasteiger partial charge in [0.2, 0.25) is 5.75 Å². The van der Waals surface area contributed by atoms with Gasteiger partial charge in [-0.2, -0.15) is 0 Å². The Hall–Kier alpha value is -1.47. The van der Waals surface area contributed by atoms with Crippen LogP contribution in [-0.4, -0.2) is 41.2 Å². The Bertz CT molecular complexity index is 460. The molecule has 0 aromatic heterocycles. The fourth-order valence-electron chi connectivity index (χ4n) is 1.51. The van der Waals surface area contributed by atoms with Crippen LogP contribution in [0, 0.1) is 0 Å². The zero-order chi connectivity index (χ0) is 14.4. The first kappa shape index (κ1) is 15.6. The SMILES string of the molecule is COCOC(=O)c1cc(Br)c(OC)c(OC)c1OC. The second kappa shape index (κ2) is 7.20. The van der Waals surface area contributed by atoms with E-state index < -0.39 is 5.97 Å². The molecule has 6 nitrogen and oxygen atoms in total. The fraction of sp³-hybridized carbons (Fsp3) is 0.417. The third kappa shape index (κ3) is 3.30. The lowest BCUT2D eigenvalue weighted by atomic mass is 10.1. The molecule has 1 aromatic carbocycles. The first-order chi connectivity index (χ1) is 9.10. The molecule has 0 spiro atoms. The van der Waals surface area contributed by atoms with Crippen molar-refractivity contribution >= 4 is 21.9 Å². The van der Waals surface area contributed by atoms with Crippen LogP contribution in [0.1, 0.15) is 10.4 Å². The zero-order valence-corrected chi connectivity index (χ0v) is 12.7. The third-order valence-electron chi connectivity index (χ3n) is 2.29. The van der Waals surface area contributed by atoms with Gasteiger partial charge >= 0.3 is 5.97 Å². The summed E-state index contributed by atoms with van der Waals surface area (Å²) in [4.78, 5) is 11.9. The Morgan fingerprint density at radius 1 is 1.05 bits per heavy atom. The van der Waals surface area contributed by atoms with E-state index in [-0.39, 0.29) is 18.1 Å². The van der Waals surface area contributed by atoms with Gasteiger partial charge in [0.1, 0.15) is 5.56 Å². The highest BCUT2D eigenvalue weighted by Gasteiger charge is 2.24. The lowest BCUT2D eigenvalue weighted by Gasteiger charge is -2.16. The van der Waals surface area contributed by atoms with Gasteiger partial charge in [-0.05, 0) is 22.0 Å². The molecule has 1 aromatic rings. The van der Waals surface area contributed by atoms with E-state index in [2.05, 4.69) is 20.7 Å². The number of carbonyl (C=O) groups is 1. The molecule has 0 aliphatic rings. The van der Waals surface area contributed by atoms with Gasteiger partial charge in [0.15, 0.2) is 18.3 Å². The van der Waals surface area contributed by atoms with Crippen molar-refractivity contribution in [2.75, 3.05) is 35.2 Å². The van der Waals surface area contributed by atoms with E-state index in [0.717, 1.165) is 0 Å². The summed E-state index contributed by atoms with van der Waals surface area (Å²) >= 11 is 3.30. The normalized spacial score (nSPS) is 9.95. The molecule has 0 aliphatic carbocycles. The summed E-state index contributed by atoms with van der Waals surface area (Å²) in [6.45, 7) is -0.145. The number of rotatable bonds is 6. The van der Waals surface area contributed by atoms with E-state index in [9.17, 15) is 4.79 Å². The molecule has 0 unspecified atom stereocenters. The largest absolute Gasteiger partial charge is 0.492 e. The smallest absolute Gasteiger partial charge is 0.344 e. The minimum atomic E-state index is -0.583. The summed E-state index contributed by atoms with van der Waals surface area (Å²) in [6, 6.07) is 1.54. The molecule has 1 rings (SSSR count). The van der Waals surface area contributed by atoms with E-state index >= 15 is 0 Å². The van der Waals surface area contributed by atoms with Crippen molar-refractivity contribution in [1.29, 1.82) is 0 Å². The van der Waals surface area contributed by atoms with Gasteiger partial charge in [-0.1, -0.05) is 0 Å². The van der Waals surface area contributed by atoms with Crippen LogP contribution in [-0.2, 0) is 9.47 Å². The van der Waals surface area contributed by atoms with Crippen LogP contribution in [0.3, 0.4) is 0 Å². The number of carbonyl (C=O) groups excluding carboxylic acids is 1. The molecule has 0 N–H and O–H groups in total. The minimum Gasteiger partial charge on any atom is -0.492 e. The first-order valence-electron chi connectivity index (χ1n) is 5.25. The highest BCUT2D eigenvalue weighted by molar-refractivity contribution is 9.10. The van der Waals surface area contributed by atoms with E-state index in [1.807, 2.05) is 0 Å². The van der Waals surface area contributed by atoms with Crippen LogP contribution in [0.15, 0.2) is 10.5 Å². The highest BCUT2D eigenvalue weighted by Crippen LogP contribution is 2.45. The number of hydrogen-bond donors (Lipinski definition) is 0. The number of methoxy groups -OCH3 is 4. The average Bonchev–Trinajstić information content (AvgIpc) is 2.43. The quantitative estimate of drug-likeness (QED) is 0.587. The molecule has 0 saturated carbocycles. The van der Waals surface area contributed by atoms with E-state index in [0.29, 0.717) is 16.0 Å². The van der Waals surface area contributed by atoms with Crippen LogP contribution < -0.4 is 14.2 Å².